The van der Waals surface area contributed by atoms with Crippen LogP contribution in [0.5, 0.6) is 0 Å². The average Bonchev–Trinajstić information content (AvgIpc) is 2.28. The molecule has 1 N–H and O–H groups in total. The zero-order valence-corrected chi connectivity index (χ0v) is 10.4. The van der Waals surface area contributed by atoms with Gasteiger partial charge in [-0.15, -0.1) is 0 Å². The summed E-state index contributed by atoms with van der Waals surface area (Å²) in [4.78, 5) is 3.98. The van der Waals surface area contributed by atoms with Crippen LogP contribution >= 0.6 is 0 Å². The van der Waals surface area contributed by atoms with Crippen molar-refractivity contribution in [1.82, 2.24) is 4.98 Å². The Kier molecular flexibility index (Phi) is 4.27. The second-order valence-corrected chi connectivity index (χ2v) is 5.27. The number of aliphatic hydroxyl groups excluding tert-OH is 1. The molecule has 0 aromatic carbocycles. The molecule has 2 unspecified atom stereocenters. The van der Waals surface area contributed by atoms with E-state index in [-0.39, 0.29) is 18.8 Å². The van der Waals surface area contributed by atoms with E-state index in [0.717, 1.165) is 12.0 Å². The number of hydrogen-bond acceptors (Lipinski definition) is 2. The SMILES string of the molecule is OC(Cc1cccnc1)CC1CCCC(F)(F)C1. The van der Waals surface area contributed by atoms with Gasteiger partial charge < -0.3 is 5.11 Å². The van der Waals surface area contributed by atoms with Crippen molar-refractivity contribution in [3.05, 3.63) is 30.1 Å². The molecule has 2 nitrogen and oxygen atoms in total. The fraction of sp³-hybridized carbons (Fsp3) is 0.643. The topological polar surface area (TPSA) is 33.1 Å². The van der Waals surface area contributed by atoms with E-state index >= 15 is 0 Å². The van der Waals surface area contributed by atoms with Gasteiger partial charge in [-0.05, 0) is 43.2 Å². The molecule has 2 atom stereocenters. The van der Waals surface area contributed by atoms with E-state index in [4.69, 9.17) is 0 Å². The summed E-state index contributed by atoms with van der Waals surface area (Å²) in [6.07, 6.45) is 5.10. The van der Waals surface area contributed by atoms with Gasteiger partial charge >= 0.3 is 0 Å². The summed E-state index contributed by atoms with van der Waals surface area (Å²) in [6, 6.07) is 3.71. The molecule has 0 radical (unpaired) electrons. The number of nitrogens with zero attached hydrogens (tertiary/aromatic N) is 1. The Morgan fingerprint density at radius 2 is 2.33 bits per heavy atom. The van der Waals surface area contributed by atoms with Crippen LogP contribution < -0.4 is 0 Å². The molecule has 1 heterocycles. The number of halogens is 2. The van der Waals surface area contributed by atoms with Crippen LogP contribution in [0.2, 0.25) is 0 Å². The summed E-state index contributed by atoms with van der Waals surface area (Å²) in [5.41, 5.74) is 0.951. The summed E-state index contributed by atoms with van der Waals surface area (Å²) in [6.45, 7) is 0. The Balaban J connectivity index is 1.82. The van der Waals surface area contributed by atoms with Crippen LogP contribution in [-0.2, 0) is 6.42 Å². The fourth-order valence-corrected chi connectivity index (χ4v) is 2.74. The lowest BCUT2D eigenvalue weighted by atomic mass is 9.82. The first-order chi connectivity index (χ1) is 8.55. The third kappa shape index (κ3) is 4.02. The quantitative estimate of drug-likeness (QED) is 0.896. The second-order valence-electron chi connectivity index (χ2n) is 5.27. The molecular formula is C14H19F2NO. The lowest BCUT2D eigenvalue weighted by molar-refractivity contribution is -0.0588. The van der Waals surface area contributed by atoms with Crippen molar-refractivity contribution in [1.29, 1.82) is 0 Å². The molecule has 1 aliphatic rings. The largest absolute Gasteiger partial charge is 0.393 e. The third-order valence-corrected chi connectivity index (χ3v) is 3.54. The van der Waals surface area contributed by atoms with Crippen LogP contribution in [0.1, 0.15) is 37.7 Å². The monoisotopic (exact) mass is 255 g/mol. The van der Waals surface area contributed by atoms with Gasteiger partial charge in [0.15, 0.2) is 0 Å². The molecule has 2 rings (SSSR count). The van der Waals surface area contributed by atoms with Crippen molar-refractivity contribution in [2.45, 2.75) is 50.6 Å². The van der Waals surface area contributed by atoms with E-state index in [1.807, 2.05) is 12.1 Å². The van der Waals surface area contributed by atoms with Crippen molar-refractivity contribution in [2.24, 2.45) is 5.92 Å². The molecule has 0 aliphatic heterocycles. The van der Waals surface area contributed by atoms with Gasteiger partial charge in [0.1, 0.15) is 0 Å². The summed E-state index contributed by atoms with van der Waals surface area (Å²) in [5, 5.41) is 9.95. The van der Waals surface area contributed by atoms with Crippen molar-refractivity contribution in [2.75, 3.05) is 0 Å². The summed E-state index contributed by atoms with van der Waals surface area (Å²) >= 11 is 0. The van der Waals surface area contributed by atoms with Crippen LogP contribution in [0.4, 0.5) is 8.78 Å². The smallest absolute Gasteiger partial charge is 0.248 e. The predicted molar refractivity (Wildman–Crippen MR) is 65.5 cm³/mol. The molecule has 100 valence electrons. The highest BCUT2D eigenvalue weighted by atomic mass is 19.3. The predicted octanol–water partition coefficient (Wildman–Crippen LogP) is 3.20. The van der Waals surface area contributed by atoms with Crippen LogP contribution in [-0.4, -0.2) is 22.1 Å². The Morgan fingerprint density at radius 3 is 3.00 bits per heavy atom. The minimum absolute atomic E-state index is 0.00218. The van der Waals surface area contributed by atoms with E-state index in [9.17, 15) is 13.9 Å². The minimum atomic E-state index is -2.53. The summed E-state index contributed by atoms with van der Waals surface area (Å²) in [7, 11) is 0. The van der Waals surface area contributed by atoms with Crippen LogP contribution in [0.15, 0.2) is 24.5 Å². The van der Waals surface area contributed by atoms with Crippen molar-refractivity contribution in [3.8, 4) is 0 Å². The van der Waals surface area contributed by atoms with E-state index in [1.165, 1.54) is 0 Å². The van der Waals surface area contributed by atoms with Crippen molar-refractivity contribution >= 4 is 0 Å². The molecule has 18 heavy (non-hydrogen) atoms. The number of alkyl halides is 2. The lowest BCUT2D eigenvalue weighted by Gasteiger charge is -2.30. The molecule has 1 fully saturated rings. The maximum Gasteiger partial charge on any atom is 0.248 e. The highest BCUT2D eigenvalue weighted by Crippen LogP contribution is 2.38. The third-order valence-electron chi connectivity index (χ3n) is 3.54. The number of pyridine rings is 1. The first-order valence-corrected chi connectivity index (χ1v) is 6.50. The van der Waals surface area contributed by atoms with Gasteiger partial charge in [-0.3, -0.25) is 4.98 Å². The molecule has 0 saturated heterocycles. The molecule has 1 aromatic heterocycles. The van der Waals surface area contributed by atoms with Gasteiger partial charge in [0.05, 0.1) is 6.10 Å². The zero-order valence-electron chi connectivity index (χ0n) is 10.4. The average molecular weight is 255 g/mol. The fourth-order valence-electron chi connectivity index (χ4n) is 2.74. The lowest BCUT2D eigenvalue weighted by Crippen LogP contribution is -2.28. The van der Waals surface area contributed by atoms with Gasteiger partial charge in [-0.25, -0.2) is 8.78 Å². The number of rotatable bonds is 4. The molecule has 0 spiro atoms. The van der Waals surface area contributed by atoms with Gasteiger partial charge in [-0.1, -0.05) is 6.07 Å². The Hall–Kier alpha value is -1.03. The van der Waals surface area contributed by atoms with Crippen molar-refractivity contribution < 1.29 is 13.9 Å². The van der Waals surface area contributed by atoms with Gasteiger partial charge in [0, 0.05) is 25.2 Å². The molecule has 0 amide bonds. The van der Waals surface area contributed by atoms with Crippen molar-refractivity contribution in [3.63, 3.8) is 0 Å². The summed E-state index contributed by atoms with van der Waals surface area (Å²) in [5.74, 6) is -2.59. The van der Waals surface area contributed by atoms with E-state index < -0.39 is 12.0 Å². The first-order valence-electron chi connectivity index (χ1n) is 6.50. The molecule has 1 saturated carbocycles. The molecular weight excluding hydrogens is 236 g/mol. The van der Waals surface area contributed by atoms with Gasteiger partial charge in [0.25, 0.3) is 0 Å². The Morgan fingerprint density at radius 1 is 1.50 bits per heavy atom. The minimum Gasteiger partial charge on any atom is -0.393 e. The zero-order chi connectivity index (χ0) is 13.0. The Labute approximate surface area is 106 Å². The summed E-state index contributed by atoms with van der Waals surface area (Å²) < 4.78 is 26.5. The maximum atomic E-state index is 13.2. The highest BCUT2D eigenvalue weighted by molar-refractivity contribution is 5.09. The van der Waals surface area contributed by atoms with E-state index in [2.05, 4.69) is 4.98 Å². The van der Waals surface area contributed by atoms with Gasteiger partial charge in [-0.2, -0.15) is 0 Å². The van der Waals surface area contributed by atoms with Crippen LogP contribution in [0.3, 0.4) is 0 Å². The van der Waals surface area contributed by atoms with Gasteiger partial charge in [0.2, 0.25) is 5.92 Å². The van der Waals surface area contributed by atoms with Crippen LogP contribution in [0, 0.1) is 5.92 Å². The number of hydrogen-bond donors (Lipinski definition) is 1. The highest BCUT2D eigenvalue weighted by Gasteiger charge is 2.36. The standard InChI is InChI=1S/C14H19F2NO/c15-14(16)5-1-3-11(9-14)7-13(18)8-12-4-2-6-17-10-12/h2,4,6,10-11,13,18H,1,3,5,7-9H2. The number of aromatic nitrogens is 1. The maximum absolute atomic E-state index is 13.2. The molecule has 1 aromatic rings. The first kappa shape index (κ1) is 13.4. The number of aliphatic hydroxyl groups is 1. The van der Waals surface area contributed by atoms with E-state index in [1.54, 1.807) is 12.4 Å². The molecule has 1 aliphatic carbocycles. The molecule has 4 heteroatoms. The van der Waals surface area contributed by atoms with Crippen LogP contribution in [0.25, 0.3) is 0 Å². The molecule has 0 bridgehead atoms. The Bertz CT molecular complexity index is 369. The van der Waals surface area contributed by atoms with E-state index in [0.29, 0.717) is 19.3 Å². The second kappa shape index (κ2) is 5.74. The normalized spacial score (nSPS) is 24.7.